The Kier molecular flexibility index (Phi) is 5.58. The van der Waals surface area contributed by atoms with Gasteiger partial charge in [-0.05, 0) is 43.7 Å². The molecule has 4 heteroatoms. The number of nitrogens with one attached hydrogen (secondary N) is 2. The number of likely N-dealkylation sites (N-methyl/N-ethyl adjacent to an activating group) is 1. The fraction of sp³-hybridized carbons (Fsp3) is 0.278. The zero-order chi connectivity index (χ0) is 16.1. The first-order chi connectivity index (χ1) is 10.5. The number of carbonyl (C=O) groups is 1. The Balaban J connectivity index is 1.97. The lowest BCUT2D eigenvalue weighted by Crippen LogP contribution is -3.12. The average molecular weight is 318 g/mol. The zero-order valence-corrected chi connectivity index (χ0v) is 13.9. The highest BCUT2D eigenvalue weighted by Crippen LogP contribution is 2.13. The highest BCUT2D eigenvalue weighted by molar-refractivity contribution is 6.30. The highest BCUT2D eigenvalue weighted by atomic mass is 35.5. The summed E-state index contributed by atoms with van der Waals surface area (Å²) in [6, 6.07) is 15.3. The lowest BCUT2D eigenvalue weighted by molar-refractivity contribution is -0.907. The van der Waals surface area contributed by atoms with Gasteiger partial charge in [-0.25, -0.2) is 0 Å². The number of rotatable bonds is 5. The van der Waals surface area contributed by atoms with Gasteiger partial charge in [0.15, 0.2) is 6.04 Å². The lowest BCUT2D eigenvalue weighted by Gasteiger charge is -2.22. The van der Waals surface area contributed by atoms with E-state index in [0.717, 1.165) is 17.1 Å². The van der Waals surface area contributed by atoms with Crippen LogP contribution in [-0.2, 0) is 11.3 Å². The third-order valence-corrected chi connectivity index (χ3v) is 4.23. The van der Waals surface area contributed by atoms with E-state index in [4.69, 9.17) is 11.6 Å². The third kappa shape index (κ3) is 4.33. The second kappa shape index (κ2) is 7.43. The number of halogens is 1. The van der Waals surface area contributed by atoms with Crippen LogP contribution in [0.3, 0.4) is 0 Å². The zero-order valence-electron chi connectivity index (χ0n) is 13.2. The van der Waals surface area contributed by atoms with Gasteiger partial charge < -0.3 is 10.2 Å². The van der Waals surface area contributed by atoms with Gasteiger partial charge in [0.1, 0.15) is 6.54 Å². The van der Waals surface area contributed by atoms with Gasteiger partial charge in [0.2, 0.25) is 0 Å². The van der Waals surface area contributed by atoms with Crippen LogP contribution in [0.5, 0.6) is 0 Å². The summed E-state index contributed by atoms with van der Waals surface area (Å²) < 4.78 is 0. The molecule has 2 N–H and O–H groups in total. The highest BCUT2D eigenvalue weighted by Gasteiger charge is 2.22. The molecule has 0 aliphatic carbocycles. The number of carbonyl (C=O) groups excluding carboxylic acids is 1. The summed E-state index contributed by atoms with van der Waals surface area (Å²) in [5, 5.41) is 3.59. The molecule has 0 radical (unpaired) electrons. The number of hydrogen-bond acceptors (Lipinski definition) is 1. The van der Waals surface area contributed by atoms with Crippen LogP contribution in [0.25, 0.3) is 0 Å². The van der Waals surface area contributed by atoms with Gasteiger partial charge in [0.05, 0.1) is 7.05 Å². The van der Waals surface area contributed by atoms with Crippen LogP contribution in [0, 0.1) is 6.92 Å². The molecule has 2 atom stereocenters. The van der Waals surface area contributed by atoms with Gasteiger partial charge >= 0.3 is 0 Å². The van der Waals surface area contributed by atoms with Crippen LogP contribution in [0.4, 0.5) is 5.69 Å². The van der Waals surface area contributed by atoms with Crippen molar-refractivity contribution in [3.63, 3.8) is 0 Å². The third-order valence-electron chi connectivity index (χ3n) is 3.97. The van der Waals surface area contributed by atoms with Crippen molar-refractivity contribution >= 4 is 23.2 Å². The summed E-state index contributed by atoms with van der Waals surface area (Å²) in [6.07, 6.45) is 0. The van der Waals surface area contributed by atoms with Crippen molar-refractivity contribution in [2.75, 3.05) is 12.4 Å². The number of quaternary nitrogens is 1. The summed E-state index contributed by atoms with van der Waals surface area (Å²) in [6.45, 7) is 4.86. The SMILES string of the molecule is Cc1ccccc1C[NH+](C)[C@H](C)C(=O)Nc1ccc(Cl)cc1. The predicted molar refractivity (Wildman–Crippen MR) is 91.3 cm³/mol. The standard InChI is InChI=1S/C18H21ClN2O/c1-13-6-4-5-7-15(13)12-21(3)14(2)18(22)20-17-10-8-16(19)9-11-17/h4-11,14H,12H2,1-3H3,(H,20,22)/p+1/t14-/m1/s1. The summed E-state index contributed by atoms with van der Waals surface area (Å²) in [5.74, 6) is 0.00778. The van der Waals surface area contributed by atoms with Crippen molar-refractivity contribution in [1.82, 2.24) is 0 Å². The van der Waals surface area contributed by atoms with Crippen LogP contribution in [0.1, 0.15) is 18.1 Å². The van der Waals surface area contributed by atoms with Crippen LogP contribution in [-0.4, -0.2) is 19.0 Å². The Labute approximate surface area is 136 Å². The van der Waals surface area contributed by atoms with E-state index in [1.165, 1.54) is 11.1 Å². The van der Waals surface area contributed by atoms with Gasteiger partial charge in [-0.15, -0.1) is 0 Å². The van der Waals surface area contributed by atoms with Crippen LogP contribution < -0.4 is 10.2 Å². The molecule has 2 rings (SSSR count). The number of aryl methyl sites for hydroxylation is 1. The Morgan fingerprint density at radius 1 is 1.18 bits per heavy atom. The molecule has 1 amide bonds. The minimum atomic E-state index is -0.143. The molecule has 0 fully saturated rings. The van der Waals surface area contributed by atoms with Crippen molar-refractivity contribution in [3.8, 4) is 0 Å². The Morgan fingerprint density at radius 3 is 2.45 bits per heavy atom. The molecule has 116 valence electrons. The van der Waals surface area contributed by atoms with E-state index < -0.39 is 0 Å². The number of anilines is 1. The first-order valence-corrected chi connectivity index (χ1v) is 7.78. The van der Waals surface area contributed by atoms with Crippen molar-refractivity contribution in [3.05, 3.63) is 64.7 Å². The molecule has 2 aromatic carbocycles. The molecule has 0 bridgehead atoms. The van der Waals surface area contributed by atoms with E-state index >= 15 is 0 Å². The summed E-state index contributed by atoms with van der Waals surface area (Å²) in [5.41, 5.74) is 3.29. The predicted octanol–water partition coefficient (Wildman–Crippen LogP) is 2.69. The Hall–Kier alpha value is -1.84. The minimum absolute atomic E-state index is 0.00778. The maximum absolute atomic E-state index is 12.3. The van der Waals surface area contributed by atoms with Crippen LogP contribution in [0.2, 0.25) is 5.02 Å². The molecule has 0 saturated heterocycles. The first kappa shape index (κ1) is 16.5. The van der Waals surface area contributed by atoms with Gasteiger partial charge in [0.25, 0.3) is 5.91 Å². The molecule has 0 aliphatic heterocycles. The first-order valence-electron chi connectivity index (χ1n) is 7.40. The van der Waals surface area contributed by atoms with E-state index in [9.17, 15) is 4.79 Å². The van der Waals surface area contributed by atoms with Crippen molar-refractivity contribution in [2.24, 2.45) is 0 Å². The second-order valence-electron chi connectivity index (χ2n) is 5.67. The summed E-state index contributed by atoms with van der Waals surface area (Å²) >= 11 is 5.85. The molecule has 0 saturated carbocycles. The van der Waals surface area contributed by atoms with E-state index in [0.29, 0.717) is 5.02 Å². The molecule has 22 heavy (non-hydrogen) atoms. The van der Waals surface area contributed by atoms with E-state index in [1.54, 1.807) is 12.1 Å². The van der Waals surface area contributed by atoms with Crippen LogP contribution in [0.15, 0.2) is 48.5 Å². The number of hydrogen-bond donors (Lipinski definition) is 2. The lowest BCUT2D eigenvalue weighted by atomic mass is 10.1. The van der Waals surface area contributed by atoms with Crippen molar-refractivity contribution in [2.45, 2.75) is 26.4 Å². The normalized spacial score (nSPS) is 13.5. The fourth-order valence-electron chi connectivity index (χ4n) is 2.27. The topological polar surface area (TPSA) is 33.5 Å². The molecule has 0 heterocycles. The molecule has 0 spiro atoms. The molecular weight excluding hydrogens is 296 g/mol. The van der Waals surface area contributed by atoms with E-state index in [2.05, 4.69) is 24.4 Å². The van der Waals surface area contributed by atoms with Gasteiger partial charge in [-0.3, -0.25) is 4.79 Å². The Morgan fingerprint density at radius 2 is 1.82 bits per heavy atom. The minimum Gasteiger partial charge on any atom is -0.324 e. The molecule has 0 aromatic heterocycles. The quantitative estimate of drug-likeness (QED) is 0.873. The Bertz CT molecular complexity index is 640. The van der Waals surface area contributed by atoms with Crippen LogP contribution >= 0.6 is 11.6 Å². The molecule has 2 aromatic rings. The van der Waals surface area contributed by atoms with Gasteiger partial charge in [-0.1, -0.05) is 35.9 Å². The maximum atomic E-state index is 12.3. The fourth-order valence-corrected chi connectivity index (χ4v) is 2.40. The van der Waals surface area contributed by atoms with Gasteiger partial charge in [0, 0.05) is 16.3 Å². The number of amides is 1. The molecule has 1 unspecified atom stereocenters. The second-order valence-corrected chi connectivity index (χ2v) is 6.10. The molecule has 3 nitrogen and oxygen atoms in total. The maximum Gasteiger partial charge on any atom is 0.282 e. The molecular formula is C18H22ClN2O+. The van der Waals surface area contributed by atoms with E-state index in [-0.39, 0.29) is 11.9 Å². The summed E-state index contributed by atoms with van der Waals surface area (Å²) in [7, 11) is 2.04. The average Bonchev–Trinajstić information content (AvgIpc) is 2.51. The monoisotopic (exact) mass is 317 g/mol. The van der Waals surface area contributed by atoms with Crippen molar-refractivity contribution < 1.29 is 9.69 Å². The number of benzene rings is 2. The molecule has 0 aliphatic rings. The largest absolute Gasteiger partial charge is 0.324 e. The van der Waals surface area contributed by atoms with Gasteiger partial charge in [-0.2, -0.15) is 0 Å². The van der Waals surface area contributed by atoms with E-state index in [1.807, 2.05) is 38.2 Å². The van der Waals surface area contributed by atoms with Crippen molar-refractivity contribution in [1.29, 1.82) is 0 Å². The smallest absolute Gasteiger partial charge is 0.282 e. The summed E-state index contributed by atoms with van der Waals surface area (Å²) in [4.78, 5) is 13.5.